The number of rotatable bonds is 5. The smallest absolute Gasteiger partial charge is 0.323 e. The Morgan fingerprint density at radius 3 is 2.68 bits per heavy atom. The summed E-state index contributed by atoms with van der Waals surface area (Å²) in [6.45, 7) is 3.16. The van der Waals surface area contributed by atoms with E-state index in [-0.39, 0.29) is 22.9 Å². The van der Waals surface area contributed by atoms with Gasteiger partial charge in [0, 0.05) is 0 Å². The molecular formula is C11H16N2O5S. The molecule has 0 saturated heterocycles. The van der Waals surface area contributed by atoms with E-state index in [2.05, 4.69) is 4.72 Å². The first-order valence-corrected chi connectivity index (χ1v) is 7.03. The molecule has 0 aliphatic heterocycles. The number of nitrogens with one attached hydrogen (secondary N) is 1. The molecule has 19 heavy (non-hydrogen) atoms. The third kappa shape index (κ3) is 3.83. The summed E-state index contributed by atoms with van der Waals surface area (Å²) in [6.07, 6.45) is 0. The number of benzene rings is 1. The van der Waals surface area contributed by atoms with Crippen molar-refractivity contribution < 1.29 is 23.1 Å². The molecule has 0 bridgehead atoms. The van der Waals surface area contributed by atoms with E-state index < -0.39 is 22.0 Å². The lowest BCUT2D eigenvalue weighted by atomic mass is 10.3. The van der Waals surface area contributed by atoms with Crippen LogP contribution in [0.5, 0.6) is 5.75 Å². The number of phenolic OH excluding ortho intramolecular Hbond substituents is 1. The molecule has 8 heteroatoms. The molecule has 7 nitrogen and oxygen atoms in total. The number of ether oxygens (including phenoxy) is 1. The summed E-state index contributed by atoms with van der Waals surface area (Å²) in [7, 11) is -3.90. The van der Waals surface area contributed by atoms with Gasteiger partial charge >= 0.3 is 5.97 Å². The minimum absolute atomic E-state index is 0.0633. The Morgan fingerprint density at radius 2 is 2.16 bits per heavy atom. The summed E-state index contributed by atoms with van der Waals surface area (Å²) in [5, 5.41) is 9.24. The number of esters is 1. The summed E-state index contributed by atoms with van der Waals surface area (Å²) in [5.41, 5.74) is 5.36. The van der Waals surface area contributed by atoms with Gasteiger partial charge in [0.15, 0.2) is 0 Å². The van der Waals surface area contributed by atoms with Crippen molar-refractivity contribution in [1.82, 2.24) is 4.72 Å². The highest BCUT2D eigenvalue weighted by Crippen LogP contribution is 2.23. The Balaban J connectivity index is 2.92. The van der Waals surface area contributed by atoms with Crippen LogP contribution in [-0.2, 0) is 19.6 Å². The highest BCUT2D eigenvalue weighted by molar-refractivity contribution is 7.89. The zero-order valence-electron chi connectivity index (χ0n) is 10.6. The number of carbonyl (C=O) groups is 1. The Morgan fingerprint density at radius 1 is 1.53 bits per heavy atom. The number of nitrogen functional groups attached to an aromatic ring is 1. The highest BCUT2D eigenvalue weighted by Gasteiger charge is 2.23. The van der Waals surface area contributed by atoms with E-state index >= 15 is 0 Å². The van der Waals surface area contributed by atoms with Crippen molar-refractivity contribution in [3.63, 3.8) is 0 Å². The van der Waals surface area contributed by atoms with Crippen LogP contribution in [0.15, 0.2) is 23.1 Å². The van der Waals surface area contributed by atoms with Gasteiger partial charge in [-0.05, 0) is 32.0 Å². The van der Waals surface area contributed by atoms with Crippen LogP contribution >= 0.6 is 0 Å². The minimum Gasteiger partial charge on any atom is -0.506 e. The normalized spacial score (nSPS) is 12.9. The molecule has 4 N–H and O–H groups in total. The van der Waals surface area contributed by atoms with Gasteiger partial charge in [-0.25, -0.2) is 8.42 Å². The second-order valence-corrected chi connectivity index (χ2v) is 5.53. The molecule has 0 aromatic heterocycles. The third-order valence-electron chi connectivity index (χ3n) is 2.28. The molecule has 0 saturated carbocycles. The first-order chi connectivity index (χ1) is 8.77. The number of anilines is 1. The average Bonchev–Trinajstić information content (AvgIpc) is 2.32. The van der Waals surface area contributed by atoms with Crippen molar-refractivity contribution in [3.8, 4) is 5.75 Å². The number of nitrogens with two attached hydrogens (primary N) is 1. The van der Waals surface area contributed by atoms with Gasteiger partial charge in [0.05, 0.1) is 17.2 Å². The van der Waals surface area contributed by atoms with E-state index in [0.29, 0.717) is 0 Å². The zero-order valence-corrected chi connectivity index (χ0v) is 11.4. The van der Waals surface area contributed by atoms with Gasteiger partial charge in [0.2, 0.25) is 10.0 Å². The summed E-state index contributed by atoms with van der Waals surface area (Å²) in [6, 6.07) is 2.44. The van der Waals surface area contributed by atoms with Crippen molar-refractivity contribution in [1.29, 1.82) is 0 Å². The van der Waals surface area contributed by atoms with Gasteiger partial charge in [-0.15, -0.1) is 0 Å². The predicted molar refractivity (Wildman–Crippen MR) is 68.9 cm³/mol. The SMILES string of the molecule is CCOC(=O)C(C)NS(=O)(=O)c1ccc(O)c(N)c1. The van der Waals surface area contributed by atoms with E-state index in [4.69, 9.17) is 10.5 Å². The number of phenols is 1. The number of hydrogen-bond donors (Lipinski definition) is 3. The third-order valence-corrected chi connectivity index (χ3v) is 3.82. The molecule has 1 unspecified atom stereocenters. The van der Waals surface area contributed by atoms with Gasteiger partial charge in [-0.1, -0.05) is 0 Å². The maximum absolute atomic E-state index is 12.0. The molecule has 0 spiro atoms. The molecule has 0 radical (unpaired) electrons. The van der Waals surface area contributed by atoms with Crippen molar-refractivity contribution in [3.05, 3.63) is 18.2 Å². The molecular weight excluding hydrogens is 272 g/mol. The topological polar surface area (TPSA) is 119 Å². The van der Waals surface area contributed by atoms with E-state index in [0.717, 1.165) is 6.07 Å². The lowest BCUT2D eigenvalue weighted by molar-refractivity contribution is -0.144. The first-order valence-electron chi connectivity index (χ1n) is 5.55. The fourth-order valence-corrected chi connectivity index (χ4v) is 2.54. The molecule has 1 rings (SSSR count). The Bertz CT molecular complexity index is 570. The van der Waals surface area contributed by atoms with Crippen LogP contribution in [0, 0.1) is 0 Å². The summed E-state index contributed by atoms with van der Waals surface area (Å²) < 4.78 is 30.8. The second-order valence-electron chi connectivity index (χ2n) is 3.82. The number of aromatic hydroxyl groups is 1. The minimum atomic E-state index is -3.90. The van der Waals surface area contributed by atoms with Gasteiger partial charge in [0.1, 0.15) is 11.8 Å². The van der Waals surface area contributed by atoms with Gasteiger partial charge < -0.3 is 15.6 Å². The van der Waals surface area contributed by atoms with Crippen LogP contribution in [0.1, 0.15) is 13.8 Å². The molecule has 0 amide bonds. The summed E-state index contributed by atoms with van der Waals surface area (Å²) >= 11 is 0. The molecule has 0 aliphatic carbocycles. The van der Waals surface area contributed by atoms with Crippen molar-refractivity contribution in [2.75, 3.05) is 12.3 Å². The van der Waals surface area contributed by atoms with E-state index in [1.54, 1.807) is 6.92 Å². The first kappa shape index (κ1) is 15.3. The Hall–Kier alpha value is -1.80. The number of sulfonamides is 1. The van der Waals surface area contributed by atoms with Gasteiger partial charge in [-0.2, -0.15) is 4.72 Å². The fraction of sp³-hybridized carbons (Fsp3) is 0.364. The van der Waals surface area contributed by atoms with Crippen LogP contribution in [0.3, 0.4) is 0 Å². The highest BCUT2D eigenvalue weighted by atomic mass is 32.2. The average molecular weight is 288 g/mol. The van der Waals surface area contributed by atoms with Crippen LogP contribution in [0.25, 0.3) is 0 Å². The Labute approximate surface area is 111 Å². The largest absolute Gasteiger partial charge is 0.506 e. The molecule has 1 aromatic rings. The lowest BCUT2D eigenvalue weighted by Gasteiger charge is -2.13. The predicted octanol–water partition coefficient (Wildman–Crippen LogP) is 0.204. The zero-order chi connectivity index (χ0) is 14.6. The van der Waals surface area contributed by atoms with Crippen LogP contribution in [0.2, 0.25) is 0 Å². The number of hydrogen-bond acceptors (Lipinski definition) is 6. The van der Waals surface area contributed by atoms with E-state index in [1.807, 2.05) is 0 Å². The maximum Gasteiger partial charge on any atom is 0.323 e. The molecule has 0 fully saturated rings. The number of carbonyl (C=O) groups excluding carboxylic acids is 1. The quantitative estimate of drug-likeness (QED) is 0.405. The van der Waals surface area contributed by atoms with Crippen LogP contribution in [0.4, 0.5) is 5.69 Å². The van der Waals surface area contributed by atoms with Crippen LogP contribution in [-0.4, -0.2) is 32.1 Å². The fourth-order valence-electron chi connectivity index (χ4n) is 1.32. The van der Waals surface area contributed by atoms with Gasteiger partial charge in [-0.3, -0.25) is 4.79 Å². The van der Waals surface area contributed by atoms with Gasteiger partial charge in [0.25, 0.3) is 0 Å². The Kier molecular flexibility index (Phi) is 4.73. The van der Waals surface area contributed by atoms with Crippen molar-refractivity contribution >= 4 is 21.7 Å². The molecule has 0 aliphatic rings. The molecule has 106 valence electrons. The summed E-state index contributed by atoms with van der Waals surface area (Å²) in [5.74, 6) is -0.879. The second kappa shape index (κ2) is 5.89. The van der Waals surface area contributed by atoms with Crippen LogP contribution < -0.4 is 10.5 Å². The standard InChI is InChI=1S/C11H16N2O5S/c1-3-18-11(15)7(2)13-19(16,17)8-4-5-10(14)9(12)6-8/h4-7,13-14H,3,12H2,1-2H3. The monoisotopic (exact) mass is 288 g/mol. The van der Waals surface area contributed by atoms with E-state index in [1.165, 1.54) is 19.1 Å². The lowest BCUT2D eigenvalue weighted by Crippen LogP contribution is -2.39. The maximum atomic E-state index is 12.0. The van der Waals surface area contributed by atoms with E-state index in [9.17, 15) is 18.3 Å². The molecule has 0 heterocycles. The van der Waals surface area contributed by atoms with Crippen molar-refractivity contribution in [2.45, 2.75) is 24.8 Å². The van der Waals surface area contributed by atoms with Crippen molar-refractivity contribution in [2.24, 2.45) is 0 Å². The summed E-state index contributed by atoms with van der Waals surface area (Å²) in [4.78, 5) is 11.2. The molecule has 1 atom stereocenters. The molecule has 1 aromatic carbocycles.